The Balaban J connectivity index is 2.78. The molecule has 1 fully saturated rings. The summed E-state index contributed by atoms with van der Waals surface area (Å²) in [6.07, 6.45) is 0.689. The van der Waals surface area contributed by atoms with Gasteiger partial charge in [-0.1, -0.05) is 0 Å². The van der Waals surface area contributed by atoms with Gasteiger partial charge < -0.3 is 9.84 Å². The number of carboxylic acids is 1. The summed E-state index contributed by atoms with van der Waals surface area (Å²) in [4.78, 5) is 10.8. The fourth-order valence-corrected chi connectivity index (χ4v) is 2.93. The van der Waals surface area contributed by atoms with E-state index in [1.54, 1.807) is 0 Å². The van der Waals surface area contributed by atoms with Crippen LogP contribution in [-0.4, -0.2) is 43.2 Å². The van der Waals surface area contributed by atoms with E-state index in [2.05, 4.69) is 0 Å². The van der Waals surface area contributed by atoms with Gasteiger partial charge in [0.05, 0.1) is 12.4 Å². The molecule has 1 aliphatic heterocycles. The molecule has 1 aliphatic rings. The topological polar surface area (TPSA) is 80.7 Å². The summed E-state index contributed by atoms with van der Waals surface area (Å²) in [5.41, 5.74) is 0. The number of carboxylic acid groups (broad SMARTS) is 1. The van der Waals surface area contributed by atoms with Crippen LogP contribution in [0, 0.1) is 5.92 Å². The second kappa shape index (κ2) is 4.09. The molecular formula is C9H16O5S. The highest BCUT2D eigenvalue weighted by Gasteiger charge is 2.43. The maximum atomic E-state index is 11.8. The van der Waals surface area contributed by atoms with E-state index < -0.39 is 20.6 Å². The molecule has 1 saturated heterocycles. The van der Waals surface area contributed by atoms with E-state index in [9.17, 15) is 13.2 Å². The molecule has 1 heterocycles. The van der Waals surface area contributed by atoms with Crippen molar-refractivity contribution < 1.29 is 23.1 Å². The molecule has 0 aliphatic carbocycles. The van der Waals surface area contributed by atoms with Gasteiger partial charge in [0.25, 0.3) is 0 Å². The molecular weight excluding hydrogens is 220 g/mol. The zero-order chi connectivity index (χ0) is 11.7. The summed E-state index contributed by atoms with van der Waals surface area (Å²) >= 11 is 0. The minimum Gasteiger partial charge on any atom is -0.480 e. The maximum Gasteiger partial charge on any atom is 0.324 e. The van der Waals surface area contributed by atoms with E-state index in [-0.39, 0.29) is 11.7 Å². The second-order valence-corrected chi connectivity index (χ2v) is 6.91. The standard InChI is InChI=1S/C9H16O5S/c1-9(2,8(10)11)15(12,13)6-7-3-4-14-5-7/h7H,3-6H2,1-2H3,(H,10,11)/t7-/m1/s1. The van der Waals surface area contributed by atoms with Crippen molar-refractivity contribution >= 4 is 15.8 Å². The van der Waals surface area contributed by atoms with Crippen molar-refractivity contribution in [2.45, 2.75) is 25.0 Å². The number of sulfone groups is 1. The molecule has 0 aromatic heterocycles. The first-order valence-electron chi connectivity index (χ1n) is 4.81. The first-order valence-corrected chi connectivity index (χ1v) is 6.46. The van der Waals surface area contributed by atoms with E-state index in [0.717, 1.165) is 0 Å². The number of hydrogen-bond donors (Lipinski definition) is 1. The monoisotopic (exact) mass is 236 g/mol. The molecule has 0 amide bonds. The Morgan fingerprint density at radius 3 is 2.53 bits per heavy atom. The lowest BCUT2D eigenvalue weighted by atomic mass is 10.2. The Bertz CT molecular complexity index is 338. The average Bonchev–Trinajstić information content (AvgIpc) is 2.55. The van der Waals surface area contributed by atoms with Crippen LogP contribution in [0.3, 0.4) is 0 Å². The normalized spacial score (nSPS) is 22.9. The summed E-state index contributed by atoms with van der Waals surface area (Å²) in [7, 11) is -3.62. The molecule has 0 saturated carbocycles. The predicted molar refractivity (Wildman–Crippen MR) is 54.4 cm³/mol. The molecule has 88 valence electrons. The number of hydrogen-bond acceptors (Lipinski definition) is 4. The Kier molecular flexibility index (Phi) is 3.40. The lowest BCUT2D eigenvalue weighted by molar-refractivity contribution is -0.139. The third-order valence-corrected chi connectivity index (χ3v) is 5.41. The van der Waals surface area contributed by atoms with E-state index in [1.165, 1.54) is 13.8 Å². The van der Waals surface area contributed by atoms with Gasteiger partial charge in [-0.05, 0) is 26.2 Å². The van der Waals surface area contributed by atoms with Crippen LogP contribution in [0.15, 0.2) is 0 Å². The first kappa shape index (κ1) is 12.4. The van der Waals surface area contributed by atoms with Crippen molar-refractivity contribution in [3.63, 3.8) is 0 Å². The smallest absolute Gasteiger partial charge is 0.324 e. The van der Waals surface area contributed by atoms with Crippen LogP contribution in [0.5, 0.6) is 0 Å². The van der Waals surface area contributed by atoms with Gasteiger partial charge in [-0.15, -0.1) is 0 Å². The van der Waals surface area contributed by atoms with Crippen molar-refractivity contribution in [3.8, 4) is 0 Å². The zero-order valence-corrected chi connectivity index (χ0v) is 9.71. The third kappa shape index (κ3) is 2.49. The largest absolute Gasteiger partial charge is 0.480 e. The van der Waals surface area contributed by atoms with Gasteiger partial charge in [-0.25, -0.2) is 8.42 Å². The highest BCUT2D eigenvalue weighted by Crippen LogP contribution is 2.23. The second-order valence-electron chi connectivity index (χ2n) is 4.33. The summed E-state index contributed by atoms with van der Waals surface area (Å²) in [5.74, 6) is -1.47. The van der Waals surface area contributed by atoms with Crippen LogP contribution in [0.2, 0.25) is 0 Å². The summed E-state index contributed by atoms with van der Waals surface area (Å²) < 4.78 is 27.0. The molecule has 0 aromatic rings. The zero-order valence-electron chi connectivity index (χ0n) is 8.89. The first-order chi connectivity index (χ1) is 6.77. The van der Waals surface area contributed by atoms with E-state index in [0.29, 0.717) is 19.6 Å². The number of aliphatic carboxylic acids is 1. The Hall–Kier alpha value is -0.620. The van der Waals surface area contributed by atoms with Gasteiger partial charge in [0.2, 0.25) is 0 Å². The number of rotatable bonds is 4. The molecule has 0 bridgehead atoms. The fraction of sp³-hybridized carbons (Fsp3) is 0.889. The van der Waals surface area contributed by atoms with Crippen LogP contribution >= 0.6 is 0 Å². The summed E-state index contributed by atoms with van der Waals surface area (Å²) in [5, 5.41) is 8.84. The Morgan fingerprint density at radius 1 is 1.53 bits per heavy atom. The summed E-state index contributed by atoms with van der Waals surface area (Å²) in [6.45, 7) is 3.42. The van der Waals surface area contributed by atoms with Gasteiger partial charge >= 0.3 is 5.97 Å². The van der Waals surface area contributed by atoms with Crippen molar-refractivity contribution in [2.75, 3.05) is 19.0 Å². The molecule has 1 rings (SSSR count). The lowest BCUT2D eigenvalue weighted by Gasteiger charge is -2.21. The van der Waals surface area contributed by atoms with Crippen LogP contribution in [0.25, 0.3) is 0 Å². The quantitative estimate of drug-likeness (QED) is 0.759. The molecule has 5 nitrogen and oxygen atoms in total. The van der Waals surface area contributed by atoms with Crippen molar-refractivity contribution in [3.05, 3.63) is 0 Å². The Labute approximate surface area is 89.3 Å². The molecule has 0 unspecified atom stereocenters. The van der Waals surface area contributed by atoms with E-state index >= 15 is 0 Å². The van der Waals surface area contributed by atoms with Gasteiger partial charge in [0.15, 0.2) is 14.6 Å². The van der Waals surface area contributed by atoms with Crippen molar-refractivity contribution in [1.29, 1.82) is 0 Å². The van der Waals surface area contributed by atoms with Gasteiger partial charge in [0, 0.05) is 6.61 Å². The third-order valence-electron chi connectivity index (χ3n) is 2.77. The van der Waals surface area contributed by atoms with Crippen LogP contribution in [0.1, 0.15) is 20.3 Å². The maximum absolute atomic E-state index is 11.8. The minimum absolute atomic E-state index is 0.0615. The van der Waals surface area contributed by atoms with Gasteiger partial charge in [0.1, 0.15) is 0 Å². The van der Waals surface area contributed by atoms with Crippen LogP contribution in [-0.2, 0) is 19.4 Å². The number of ether oxygens (including phenoxy) is 1. The highest BCUT2D eigenvalue weighted by atomic mass is 32.2. The SMILES string of the molecule is CC(C)(C(=O)O)S(=O)(=O)C[C@@H]1CCOC1. The highest BCUT2D eigenvalue weighted by molar-refractivity contribution is 7.93. The van der Waals surface area contributed by atoms with Gasteiger partial charge in [-0.2, -0.15) is 0 Å². The molecule has 0 aromatic carbocycles. The van der Waals surface area contributed by atoms with E-state index in [4.69, 9.17) is 9.84 Å². The molecule has 6 heteroatoms. The van der Waals surface area contributed by atoms with Crippen LogP contribution in [0.4, 0.5) is 0 Å². The summed E-state index contributed by atoms with van der Waals surface area (Å²) in [6, 6.07) is 0. The predicted octanol–water partition coefficient (Wildman–Crippen LogP) is 0.301. The molecule has 1 N–H and O–H groups in total. The fourth-order valence-electron chi connectivity index (χ4n) is 1.37. The molecule has 1 atom stereocenters. The van der Waals surface area contributed by atoms with E-state index in [1.807, 2.05) is 0 Å². The molecule has 0 spiro atoms. The molecule has 0 radical (unpaired) electrons. The Morgan fingerprint density at radius 2 is 2.13 bits per heavy atom. The van der Waals surface area contributed by atoms with Crippen molar-refractivity contribution in [2.24, 2.45) is 5.92 Å². The van der Waals surface area contributed by atoms with Crippen molar-refractivity contribution in [1.82, 2.24) is 0 Å². The van der Waals surface area contributed by atoms with Crippen LogP contribution < -0.4 is 0 Å². The molecule has 15 heavy (non-hydrogen) atoms. The average molecular weight is 236 g/mol. The number of carbonyl (C=O) groups is 1. The lowest BCUT2D eigenvalue weighted by Crippen LogP contribution is -2.43. The minimum atomic E-state index is -3.62. The van der Waals surface area contributed by atoms with Gasteiger partial charge in [-0.3, -0.25) is 4.79 Å².